The summed E-state index contributed by atoms with van der Waals surface area (Å²) in [6, 6.07) is 17.7. The van der Waals surface area contributed by atoms with E-state index in [1.165, 1.54) is 0 Å². The predicted molar refractivity (Wildman–Crippen MR) is 113 cm³/mol. The molecule has 0 spiro atoms. The second-order valence-corrected chi connectivity index (χ2v) is 8.40. The highest BCUT2D eigenvalue weighted by Gasteiger charge is 2.35. The van der Waals surface area contributed by atoms with Crippen molar-refractivity contribution in [3.63, 3.8) is 0 Å². The summed E-state index contributed by atoms with van der Waals surface area (Å²) in [5.74, 6) is 1.62. The van der Waals surface area contributed by atoms with Crippen molar-refractivity contribution < 1.29 is 9.53 Å². The third kappa shape index (κ3) is 4.12. The number of carbonyl (C=O) groups excluding carboxylic acids is 1. The maximum absolute atomic E-state index is 13.1. The number of carbonyl (C=O) groups is 1. The number of fused-ring (bicyclic) bond motifs is 1. The van der Waals surface area contributed by atoms with Gasteiger partial charge in [0.2, 0.25) is 5.91 Å². The SMILES string of the molecule is CC1(C)CN(C(=O)Cn2c(COc3ccccc3)nc3ccccc32)CCC1N. The Kier molecular flexibility index (Phi) is 5.28. The van der Waals surface area contributed by atoms with Crippen LogP contribution in [0.1, 0.15) is 26.1 Å². The monoisotopic (exact) mass is 392 g/mol. The Hall–Kier alpha value is -2.86. The fourth-order valence-corrected chi connectivity index (χ4v) is 3.90. The summed E-state index contributed by atoms with van der Waals surface area (Å²) in [5.41, 5.74) is 7.97. The maximum Gasteiger partial charge on any atom is 0.242 e. The largest absolute Gasteiger partial charge is 0.486 e. The Morgan fingerprint density at radius 2 is 1.90 bits per heavy atom. The molecule has 0 saturated carbocycles. The summed E-state index contributed by atoms with van der Waals surface area (Å²) in [6.45, 7) is 6.19. The fraction of sp³-hybridized carbons (Fsp3) is 0.391. The highest BCUT2D eigenvalue weighted by atomic mass is 16.5. The summed E-state index contributed by atoms with van der Waals surface area (Å²) in [4.78, 5) is 19.8. The molecule has 6 heteroatoms. The van der Waals surface area contributed by atoms with Gasteiger partial charge in [0.25, 0.3) is 0 Å². The van der Waals surface area contributed by atoms with Crippen LogP contribution in [0.4, 0.5) is 0 Å². The number of hydrogen-bond acceptors (Lipinski definition) is 4. The zero-order chi connectivity index (χ0) is 20.4. The molecular formula is C23H28N4O2. The van der Waals surface area contributed by atoms with Gasteiger partial charge in [-0.15, -0.1) is 0 Å². The normalized spacial score (nSPS) is 18.7. The van der Waals surface area contributed by atoms with Crippen LogP contribution >= 0.6 is 0 Å². The lowest BCUT2D eigenvalue weighted by molar-refractivity contribution is -0.135. The van der Waals surface area contributed by atoms with Crippen molar-refractivity contribution >= 4 is 16.9 Å². The Morgan fingerprint density at radius 1 is 1.17 bits per heavy atom. The van der Waals surface area contributed by atoms with Gasteiger partial charge in [0.05, 0.1) is 11.0 Å². The first-order chi connectivity index (χ1) is 13.9. The van der Waals surface area contributed by atoms with E-state index < -0.39 is 0 Å². The Bertz CT molecular complexity index is 997. The molecule has 3 aromatic rings. The number of benzene rings is 2. The first-order valence-electron chi connectivity index (χ1n) is 10.1. The molecule has 1 aromatic heterocycles. The third-order valence-corrected chi connectivity index (χ3v) is 5.80. The van der Waals surface area contributed by atoms with Crippen molar-refractivity contribution in [1.29, 1.82) is 0 Å². The zero-order valence-corrected chi connectivity index (χ0v) is 17.0. The number of imidazole rings is 1. The Labute approximate surface area is 171 Å². The molecule has 0 aliphatic carbocycles. The molecule has 1 unspecified atom stereocenters. The quantitative estimate of drug-likeness (QED) is 0.724. The van der Waals surface area contributed by atoms with Gasteiger partial charge in [0, 0.05) is 19.1 Å². The van der Waals surface area contributed by atoms with Crippen LogP contribution in [0, 0.1) is 5.41 Å². The Balaban J connectivity index is 1.56. The van der Waals surface area contributed by atoms with Gasteiger partial charge in [-0.2, -0.15) is 0 Å². The van der Waals surface area contributed by atoms with E-state index in [0.717, 1.165) is 29.0 Å². The van der Waals surface area contributed by atoms with Crippen LogP contribution in [0.2, 0.25) is 0 Å². The number of para-hydroxylation sites is 3. The minimum atomic E-state index is -0.0792. The van der Waals surface area contributed by atoms with Gasteiger partial charge >= 0.3 is 0 Å². The zero-order valence-electron chi connectivity index (χ0n) is 17.0. The number of likely N-dealkylation sites (tertiary alicyclic amines) is 1. The molecule has 6 nitrogen and oxygen atoms in total. The number of amides is 1. The topological polar surface area (TPSA) is 73.4 Å². The molecule has 4 rings (SSSR count). The van der Waals surface area contributed by atoms with Crippen molar-refractivity contribution in [2.75, 3.05) is 13.1 Å². The van der Waals surface area contributed by atoms with Crippen molar-refractivity contribution in [1.82, 2.24) is 14.5 Å². The lowest BCUT2D eigenvalue weighted by Crippen LogP contribution is -2.54. The molecule has 2 heterocycles. The smallest absolute Gasteiger partial charge is 0.242 e. The first-order valence-corrected chi connectivity index (χ1v) is 10.1. The molecule has 1 atom stereocenters. The number of hydrogen-bond donors (Lipinski definition) is 1. The van der Waals surface area contributed by atoms with Crippen molar-refractivity contribution in [3.8, 4) is 5.75 Å². The lowest BCUT2D eigenvalue weighted by Gasteiger charge is -2.42. The van der Waals surface area contributed by atoms with E-state index in [9.17, 15) is 4.79 Å². The second kappa shape index (κ2) is 7.87. The van der Waals surface area contributed by atoms with E-state index in [4.69, 9.17) is 15.5 Å². The average Bonchev–Trinajstić information content (AvgIpc) is 3.06. The standard InChI is InChI=1S/C23H28N4O2/c1-23(2)16-26(13-12-20(23)24)22(28)14-27-19-11-7-6-10-18(19)25-21(27)15-29-17-8-4-3-5-9-17/h3-11,20H,12-16,24H2,1-2H3. The van der Waals surface area contributed by atoms with Gasteiger partial charge in [0.15, 0.2) is 0 Å². The highest BCUT2D eigenvalue weighted by Crippen LogP contribution is 2.28. The summed E-state index contributed by atoms with van der Waals surface area (Å²) < 4.78 is 7.89. The van der Waals surface area contributed by atoms with E-state index in [0.29, 0.717) is 19.7 Å². The number of nitrogens with two attached hydrogens (primary N) is 1. The van der Waals surface area contributed by atoms with Gasteiger partial charge in [0.1, 0.15) is 24.7 Å². The molecule has 1 aliphatic rings. The first kappa shape index (κ1) is 19.5. The van der Waals surface area contributed by atoms with E-state index in [1.807, 2.05) is 64.1 Å². The molecule has 0 bridgehead atoms. The molecule has 0 radical (unpaired) electrons. The number of aromatic nitrogens is 2. The molecule has 1 aliphatic heterocycles. The van der Waals surface area contributed by atoms with Gasteiger partial charge in [-0.1, -0.05) is 44.2 Å². The molecule has 152 valence electrons. The van der Waals surface area contributed by atoms with Gasteiger partial charge in [-0.25, -0.2) is 4.98 Å². The number of nitrogens with zero attached hydrogens (tertiary/aromatic N) is 3. The number of rotatable bonds is 5. The molecular weight excluding hydrogens is 364 g/mol. The molecule has 2 aromatic carbocycles. The van der Waals surface area contributed by atoms with E-state index in [2.05, 4.69) is 13.8 Å². The molecule has 1 amide bonds. The van der Waals surface area contributed by atoms with Crippen LogP contribution in [0.5, 0.6) is 5.75 Å². The van der Waals surface area contributed by atoms with Crippen LogP contribution < -0.4 is 10.5 Å². The highest BCUT2D eigenvalue weighted by molar-refractivity contribution is 5.81. The van der Waals surface area contributed by atoms with Crippen molar-refractivity contribution in [3.05, 3.63) is 60.4 Å². The van der Waals surface area contributed by atoms with Crippen LogP contribution in [-0.2, 0) is 17.9 Å². The third-order valence-electron chi connectivity index (χ3n) is 5.80. The van der Waals surface area contributed by atoms with Crippen LogP contribution in [0.15, 0.2) is 54.6 Å². The van der Waals surface area contributed by atoms with E-state index >= 15 is 0 Å². The summed E-state index contributed by atoms with van der Waals surface area (Å²) in [5, 5.41) is 0. The van der Waals surface area contributed by atoms with Gasteiger partial charge < -0.3 is 19.9 Å². The summed E-state index contributed by atoms with van der Waals surface area (Å²) in [7, 11) is 0. The van der Waals surface area contributed by atoms with Crippen molar-refractivity contribution in [2.45, 2.75) is 39.5 Å². The maximum atomic E-state index is 13.1. The lowest BCUT2D eigenvalue weighted by atomic mass is 9.79. The molecule has 2 N–H and O–H groups in total. The number of piperidine rings is 1. The Morgan fingerprint density at radius 3 is 2.66 bits per heavy atom. The molecule has 1 saturated heterocycles. The van der Waals surface area contributed by atoms with Crippen LogP contribution in [0.3, 0.4) is 0 Å². The minimum Gasteiger partial charge on any atom is -0.486 e. The summed E-state index contributed by atoms with van der Waals surface area (Å²) in [6.07, 6.45) is 0.827. The van der Waals surface area contributed by atoms with E-state index in [-0.39, 0.29) is 23.9 Å². The summed E-state index contributed by atoms with van der Waals surface area (Å²) >= 11 is 0. The average molecular weight is 393 g/mol. The second-order valence-electron chi connectivity index (χ2n) is 8.40. The number of ether oxygens (including phenoxy) is 1. The van der Waals surface area contributed by atoms with Gasteiger partial charge in [-0.05, 0) is 36.1 Å². The van der Waals surface area contributed by atoms with Crippen molar-refractivity contribution in [2.24, 2.45) is 11.1 Å². The molecule has 1 fully saturated rings. The molecule has 29 heavy (non-hydrogen) atoms. The van der Waals surface area contributed by atoms with Crippen LogP contribution in [-0.4, -0.2) is 39.5 Å². The van der Waals surface area contributed by atoms with Gasteiger partial charge in [-0.3, -0.25) is 4.79 Å². The van der Waals surface area contributed by atoms with Crippen LogP contribution in [0.25, 0.3) is 11.0 Å². The van der Waals surface area contributed by atoms with E-state index in [1.54, 1.807) is 0 Å². The fourth-order valence-electron chi connectivity index (χ4n) is 3.90. The predicted octanol–water partition coefficient (Wildman–Crippen LogP) is 3.20. The minimum absolute atomic E-state index is 0.0792.